The number of carbonyl (C=O) groups excluding carboxylic acids is 1. The molecule has 0 saturated carbocycles. The summed E-state index contributed by atoms with van der Waals surface area (Å²) < 4.78 is 49.8. The van der Waals surface area contributed by atoms with Crippen molar-refractivity contribution >= 4 is 5.78 Å². The van der Waals surface area contributed by atoms with Crippen molar-refractivity contribution in [3.05, 3.63) is 34.9 Å². The summed E-state index contributed by atoms with van der Waals surface area (Å²) in [7, 11) is 0. The first kappa shape index (κ1) is 11.7. The molecular weight excluding hydrogens is 212 g/mol. The zero-order valence-electron chi connectivity index (χ0n) is 7.81. The Hall–Kier alpha value is -1.39. The van der Waals surface area contributed by atoms with Crippen molar-refractivity contribution in [2.24, 2.45) is 0 Å². The molecule has 1 aromatic rings. The molecule has 0 aliphatic heterocycles. The molecule has 0 aliphatic rings. The normalized spacial score (nSPS) is 11.1. The Morgan fingerprint density at radius 1 is 1.13 bits per heavy atom. The number of hydrogen-bond acceptors (Lipinski definition) is 1. The first-order chi connectivity index (χ1) is 6.95. The van der Waals surface area contributed by atoms with Gasteiger partial charge in [0.15, 0.2) is 5.78 Å². The lowest BCUT2D eigenvalue weighted by molar-refractivity contribution is 0.0990. The van der Waals surface area contributed by atoms with Crippen LogP contribution in [0.15, 0.2) is 18.2 Å². The monoisotopic (exact) mass is 220 g/mol. The first-order valence-corrected chi connectivity index (χ1v) is 4.15. The van der Waals surface area contributed by atoms with E-state index in [4.69, 9.17) is 0 Å². The van der Waals surface area contributed by atoms with E-state index in [9.17, 15) is 22.4 Å². The van der Waals surface area contributed by atoms with E-state index in [1.165, 1.54) is 6.07 Å². The molecule has 0 fully saturated rings. The second-order valence-corrected chi connectivity index (χ2v) is 2.97. The lowest BCUT2D eigenvalue weighted by Gasteiger charge is -2.11. The number of halogens is 4. The summed E-state index contributed by atoms with van der Waals surface area (Å²) in [5, 5.41) is 0. The number of hydrogen-bond donors (Lipinski definition) is 0. The topological polar surface area (TPSA) is 17.1 Å². The van der Waals surface area contributed by atoms with Crippen LogP contribution >= 0.6 is 0 Å². The molecule has 1 rings (SSSR count). The van der Waals surface area contributed by atoms with Crippen LogP contribution in [0.3, 0.4) is 0 Å². The number of carbonyl (C=O) groups is 1. The van der Waals surface area contributed by atoms with Crippen LogP contribution in [0.25, 0.3) is 0 Å². The lowest BCUT2D eigenvalue weighted by atomic mass is 9.99. The molecule has 0 radical (unpaired) electrons. The van der Waals surface area contributed by atoms with Crippen LogP contribution in [0.4, 0.5) is 17.6 Å². The molecule has 0 heterocycles. The molecule has 82 valence electrons. The van der Waals surface area contributed by atoms with Crippen molar-refractivity contribution < 1.29 is 22.4 Å². The minimum absolute atomic E-state index is 0.345. The summed E-state index contributed by atoms with van der Waals surface area (Å²) in [6, 6.07) is 3.19. The van der Waals surface area contributed by atoms with Gasteiger partial charge in [0.05, 0.1) is 0 Å². The Morgan fingerprint density at radius 3 is 2.13 bits per heavy atom. The maximum atomic E-state index is 12.5. The SMILES string of the molecule is CC(=O)c1cccc(C(F)F)c1C(F)F. The second-order valence-electron chi connectivity index (χ2n) is 2.97. The van der Waals surface area contributed by atoms with Gasteiger partial charge in [-0.3, -0.25) is 4.79 Å². The Bertz CT molecular complexity index is 374. The van der Waals surface area contributed by atoms with Gasteiger partial charge < -0.3 is 0 Å². The molecule has 0 unspecified atom stereocenters. The number of rotatable bonds is 3. The second kappa shape index (κ2) is 4.42. The van der Waals surface area contributed by atoms with Gasteiger partial charge in [-0.2, -0.15) is 0 Å². The van der Waals surface area contributed by atoms with Gasteiger partial charge in [0.2, 0.25) is 0 Å². The van der Waals surface area contributed by atoms with E-state index in [-0.39, 0.29) is 5.56 Å². The highest BCUT2D eigenvalue weighted by Crippen LogP contribution is 2.33. The summed E-state index contributed by atoms with van der Waals surface area (Å²) in [6.07, 6.45) is -6.08. The average molecular weight is 220 g/mol. The lowest BCUT2D eigenvalue weighted by Crippen LogP contribution is -2.04. The largest absolute Gasteiger partial charge is 0.294 e. The van der Waals surface area contributed by atoms with Crippen molar-refractivity contribution in [3.63, 3.8) is 0 Å². The summed E-state index contributed by atoms with van der Waals surface area (Å²) >= 11 is 0. The molecule has 1 nitrogen and oxygen atoms in total. The predicted molar refractivity (Wildman–Crippen MR) is 46.4 cm³/mol. The Morgan fingerprint density at radius 2 is 1.73 bits per heavy atom. The quantitative estimate of drug-likeness (QED) is 0.559. The van der Waals surface area contributed by atoms with E-state index in [0.29, 0.717) is 0 Å². The standard InChI is InChI=1S/C10H8F4O/c1-5(15)6-3-2-4-7(9(11)12)8(6)10(13)14/h2-4,9-10H,1H3. The van der Waals surface area contributed by atoms with Gasteiger partial charge in [-0.05, 0) is 6.92 Å². The molecule has 0 aromatic heterocycles. The fraction of sp³-hybridized carbons (Fsp3) is 0.300. The zero-order chi connectivity index (χ0) is 11.6. The van der Waals surface area contributed by atoms with Gasteiger partial charge in [-0.25, -0.2) is 17.6 Å². The van der Waals surface area contributed by atoms with Crippen molar-refractivity contribution in [1.29, 1.82) is 0 Å². The molecule has 1 aromatic carbocycles. The van der Waals surface area contributed by atoms with E-state index in [0.717, 1.165) is 19.1 Å². The number of alkyl halides is 4. The predicted octanol–water partition coefficient (Wildman–Crippen LogP) is 3.76. The molecule has 0 saturated heterocycles. The highest BCUT2D eigenvalue weighted by atomic mass is 19.3. The number of Topliss-reactive ketones (excluding diaryl/α,β-unsaturated/α-hetero) is 1. The summed E-state index contributed by atoms with van der Waals surface area (Å²) in [6.45, 7) is 1.07. The fourth-order valence-electron chi connectivity index (χ4n) is 1.32. The van der Waals surface area contributed by atoms with Crippen LogP contribution in [-0.4, -0.2) is 5.78 Å². The average Bonchev–Trinajstić information content (AvgIpc) is 2.16. The van der Waals surface area contributed by atoms with Crippen LogP contribution in [0.5, 0.6) is 0 Å². The molecule has 15 heavy (non-hydrogen) atoms. The summed E-state index contributed by atoms with van der Waals surface area (Å²) in [5.41, 5.74) is -1.99. The Kier molecular flexibility index (Phi) is 3.44. The van der Waals surface area contributed by atoms with Crippen molar-refractivity contribution in [2.45, 2.75) is 19.8 Å². The molecule has 0 spiro atoms. The maximum Gasteiger partial charge on any atom is 0.265 e. The van der Waals surface area contributed by atoms with Crippen LogP contribution in [-0.2, 0) is 0 Å². The third-order valence-corrected chi connectivity index (χ3v) is 1.97. The first-order valence-electron chi connectivity index (χ1n) is 4.15. The van der Waals surface area contributed by atoms with E-state index in [2.05, 4.69) is 0 Å². The van der Waals surface area contributed by atoms with E-state index >= 15 is 0 Å². The molecule has 0 amide bonds. The highest BCUT2D eigenvalue weighted by Gasteiger charge is 2.24. The molecule has 0 aliphatic carbocycles. The van der Waals surface area contributed by atoms with Crippen LogP contribution < -0.4 is 0 Å². The minimum atomic E-state index is -3.07. The Balaban J connectivity index is 3.42. The van der Waals surface area contributed by atoms with Gasteiger partial charge in [-0.1, -0.05) is 18.2 Å². The van der Waals surface area contributed by atoms with Gasteiger partial charge in [0.25, 0.3) is 12.9 Å². The van der Waals surface area contributed by atoms with E-state index < -0.39 is 29.8 Å². The zero-order valence-corrected chi connectivity index (χ0v) is 7.81. The molecule has 0 bridgehead atoms. The summed E-state index contributed by atoms with van der Waals surface area (Å²) in [4.78, 5) is 11.0. The van der Waals surface area contributed by atoms with Gasteiger partial charge in [0, 0.05) is 16.7 Å². The number of benzene rings is 1. The van der Waals surface area contributed by atoms with Crippen molar-refractivity contribution in [1.82, 2.24) is 0 Å². The third kappa shape index (κ3) is 2.34. The summed E-state index contributed by atoms with van der Waals surface area (Å²) in [5.74, 6) is -0.646. The smallest absolute Gasteiger partial charge is 0.265 e. The molecular formula is C10H8F4O. The highest BCUT2D eigenvalue weighted by molar-refractivity contribution is 5.96. The van der Waals surface area contributed by atoms with Gasteiger partial charge in [0.1, 0.15) is 0 Å². The Labute approximate surface area is 83.7 Å². The van der Waals surface area contributed by atoms with E-state index in [1.807, 2.05) is 0 Å². The fourth-order valence-corrected chi connectivity index (χ4v) is 1.32. The van der Waals surface area contributed by atoms with Crippen molar-refractivity contribution in [2.75, 3.05) is 0 Å². The van der Waals surface area contributed by atoms with Gasteiger partial charge >= 0.3 is 0 Å². The van der Waals surface area contributed by atoms with Gasteiger partial charge in [-0.15, -0.1) is 0 Å². The van der Waals surface area contributed by atoms with Crippen molar-refractivity contribution in [3.8, 4) is 0 Å². The molecule has 0 N–H and O–H groups in total. The molecule has 0 atom stereocenters. The van der Waals surface area contributed by atoms with Crippen LogP contribution in [0, 0.1) is 0 Å². The third-order valence-electron chi connectivity index (χ3n) is 1.97. The van der Waals surface area contributed by atoms with Crippen LogP contribution in [0.1, 0.15) is 41.3 Å². The van der Waals surface area contributed by atoms with E-state index in [1.54, 1.807) is 0 Å². The number of ketones is 1. The minimum Gasteiger partial charge on any atom is -0.294 e. The van der Waals surface area contributed by atoms with Crippen LogP contribution in [0.2, 0.25) is 0 Å². The molecule has 5 heteroatoms. The maximum absolute atomic E-state index is 12.5.